The van der Waals surface area contributed by atoms with Crippen molar-refractivity contribution in [3.8, 4) is 0 Å². The van der Waals surface area contributed by atoms with E-state index >= 15 is 0 Å². The number of nitrogens with zero attached hydrogens (tertiary/aromatic N) is 1. The SMILES string of the molecule is Nc1cccc(C(O)CCN2CCC(Cc3ccccc3)CC2)c1. The van der Waals surface area contributed by atoms with Crippen molar-refractivity contribution < 1.29 is 5.11 Å². The van der Waals surface area contributed by atoms with E-state index in [9.17, 15) is 5.11 Å². The predicted molar refractivity (Wildman–Crippen MR) is 99.7 cm³/mol. The molecule has 1 heterocycles. The molecule has 1 saturated heterocycles. The van der Waals surface area contributed by atoms with Crippen LogP contribution in [0.5, 0.6) is 0 Å². The molecule has 0 saturated carbocycles. The zero-order valence-corrected chi connectivity index (χ0v) is 14.3. The third-order valence-electron chi connectivity index (χ3n) is 5.09. The van der Waals surface area contributed by atoms with Crippen LogP contribution in [-0.2, 0) is 6.42 Å². The molecule has 1 unspecified atom stereocenters. The van der Waals surface area contributed by atoms with E-state index in [1.807, 2.05) is 24.3 Å². The van der Waals surface area contributed by atoms with Gasteiger partial charge < -0.3 is 15.7 Å². The second kappa shape index (κ2) is 8.32. The molecule has 1 aliphatic heterocycles. The minimum absolute atomic E-state index is 0.421. The van der Waals surface area contributed by atoms with E-state index in [0.717, 1.165) is 37.5 Å². The van der Waals surface area contributed by atoms with E-state index in [1.54, 1.807) is 0 Å². The number of nitrogens with two attached hydrogens (primary N) is 1. The molecule has 3 rings (SSSR count). The van der Waals surface area contributed by atoms with Crippen LogP contribution in [0.2, 0.25) is 0 Å². The van der Waals surface area contributed by atoms with Crippen LogP contribution in [0.15, 0.2) is 54.6 Å². The molecule has 1 atom stereocenters. The fourth-order valence-corrected chi connectivity index (χ4v) is 3.60. The molecule has 0 spiro atoms. The van der Waals surface area contributed by atoms with E-state index < -0.39 is 6.10 Å². The van der Waals surface area contributed by atoms with Crippen molar-refractivity contribution in [2.45, 2.75) is 31.8 Å². The quantitative estimate of drug-likeness (QED) is 0.798. The largest absolute Gasteiger partial charge is 0.399 e. The summed E-state index contributed by atoms with van der Waals surface area (Å²) in [5.41, 5.74) is 8.89. The van der Waals surface area contributed by atoms with Crippen molar-refractivity contribution in [3.05, 3.63) is 65.7 Å². The van der Waals surface area contributed by atoms with Gasteiger partial charge >= 0.3 is 0 Å². The highest BCUT2D eigenvalue weighted by Gasteiger charge is 2.20. The van der Waals surface area contributed by atoms with Crippen LogP contribution < -0.4 is 5.73 Å². The lowest BCUT2D eigenvalue weighted by Gasteiger charge is -2.32. The fourth-order valence-electron chi connectivity index (χ4n) is 3.60. The second-order valence-electron chi connectivity index (χ2n) is 6.95. The van der Waals surface area contributed by atoms with Gasteiger partial charge in [0.05, 0.1) is 6.10 Å². The lowest BCUT2D eigenvalue weighted by molar-refractivity contribution is 0.123. The molecule has 0 radical (unpaired) electrons. The maximum Gasteiger partial charge on any atom is 0.0803 e. The number of benzene rings is 2. The summed E-state index contributed by atoms with van der Waals surface area (Å²) < 4.78 is 0. The highest BCUT2D eigenvalue weighted by Crippen LogP contribution is 2.24. The number of aliphatic hydroxyl groups is 1. The Kier molecular flexibility index (Phi) is 5.89. The number of aliphatic hydroxyl groups excluding tert-OH is 1. The van der Waals surface area contributed by atoms with E-state index in [-0.39, 0.29) is 0 Å². The van der Waals surface area contributed by atoms with Gasteiger partial charge in [-0.3, -0.25) is 0 Å². The lowest BCUT2D eigenvalue weighted by Crippen LogP contribution is -2.35. The predicted octanol–water partition coefficient (Wildman–Crippen LogP) is 3.65. The molecule has 0 aliphatic carbocycles. The summed E-state index contributed by atoms with van der Waals surface area (Å²) in [5, 5.41) is 10.3. The standard InChI is InChI=1S/C21H28N2O/c22-20-8-4-7-19(16-20)21(24)11-14-23-12-9-18(10-13-23)15-17-5-2-1-3-6-17/h1-8,16,18,21,24H,9-15,22H2. The molecule has 1 aliphatic rings. The number of likely N-dealkylation sites (tertiary alicyclic amines) is 1. The summed E-state index contributed by atoms with van der Waals surface area (Å²) in [6.07, 6.45) is 4.05. The molecule has 3 N–H and O–H groups in total. The van der Waals surface area contributed by atoms with Crippen LogP contribution in [0.4, 0.5) is 5.69 Å². The molecular weight excluding hydrogens is 296 g/mol. The van der Waals surface area contributed by atoms with Crippen molar-refractivity contribution in [1.82, 2.24) is 4.90 Å². The Hall–Kier alpha value is -1.84. The van der Waals surface area contributed by atoms with E-state index in [0.29, 0.717) is 5.69 Å². The average molecular weight is 324 g/mol. The molecule has 128 valence electrons. The first-order valence-corrected chi connectivity index (χ1v) is 9.00. The van der Waals surface area contributed by atoms with Gasteiger partial charge in [0.1, 0.15) is 0 Å². The number of nitrogen functional groups attached to an aromatic ring is 1. The van der Waals surface area contributed by atoms with Crippen molar-refractivity contribution in [2.75, 3.05) is 25.4 Å². The normalized spacial score (nSPS) is 17.7. The van der Waals surface area contributed by atoms with Crippen LogP contribution in [0.3, 0.4) is 0 Å². The summed E-state index contributed by atoms with van der Waals surface area (Å²) in [5.74, 6) is 0.794. The number of hydrogen-bond acceptors (Lipinski definition) is 3. The Morgan fingerprint density at radius 2 is 1.79 bits per heavy atom. The van der Waals surface area contributed by atoms with Crippen LogP contribution in [-0.4, -0.2) is 29.6 Å². The summed E-state index contributed by atoms with van der Waals surface area (Å²) >= 11 is 0. The first kappa shape index (κ1) is 17.0. The summed E-state index contributed by atoms with van der Waals surface area (Å²) in [4.78, 5) is 2.48. The zero-order valence-electron chi connectivity index (χ0n) is 14.3. The number of piperidine rings is 1. The van der Waals surface area contributed by atoms with Gasteiger partial charge in [-0.25, -0.2) is 0 Å². The lowest BCUT2D eigenvalue weighted by atomic mass is 9.90. The minimum atomic E-state index is -0.421. The number of anilines is 1. The monoisotopic (exact) mass is 324 g/mol. The van der Waals surface area contributed by atoms with Crippen LogP contribution in [0.25, 0.3) is 0 Å². The molecule has 0 bridgehead atoms. The van der Waals surface area contributed by atoms with Crippen molar-refractivity contribution in [1.29, 1.82) is 0 Å². The maximum atomic E-state index is 10.3. The fraction of sp³-hybridized carbons (Fsp3) is 0.429. The first-order valence-electron chi connectivity index (χ1n) is 9.00. The molecule has 24 heavy (non-hydrogen) atoms. The zero-order chi connectivity index (χ0) is 16.8. The second-order valence-corrected chi connectivity index (χ2v) is 6.95. The molecule has 2 aromatic carbocycles. The topological polar surface area (TPSA) is 49.5 Å². The van der Waals surface area contributed by atoms with Gasteiger partial charge in [-0.05, 0) is 68.0 Å². The Morgan fingerprint density at radius 3 is 2.50 bits per heavy atom. The Labute approximate surface area is 145 Å². The third kappa shape index (κ3) is 4.83. The van der Waals surface area contributed by atoms with Gasteiger partial charge in [-0.2, -0.15) is 0 Å². The molecule has 0 amide bonds. The molecule has 0 aromatic heterocycles. The van der Waals surface area contributed by atoms with E-state index in [1.165, 1.54) is 24.8 Å². The molecule has 2 aromatic rings. The van der Waals surface area contributed by atoms with Crippen LogP contribution in [0.1, 0.15) is 36.5 Å². The first-order chi connectivity index (χ1) is 11.7. The number of rotatable bonds is 6. The van der Waals surface area contributed by atoms with Crippen molar-refractivity contribution in [2.24, 2.45) is 5.92 Å². The van der Waals surface area contributed by atoms with Gasteiger partial charge in [0.25, 0.3) is 0 Å². The summed E-state index contributed by atoms with van der Waals surface area (Å²) in [6.45, 7) is 3.23. The van der Waals surface area contributed by atoms with Gasteiger partial charge in [0, 0.05) is 12.2 Å². The van der Waals surface area contributed by atoms with Crippen molar-refractivity contribution >= 4 is 5.69 Å². The molecule has 3 heteroatoms. The van der Waals surface area contributed by atoms with Gasteiger partial charge in [0.2, 0.25) is 0 Å². The Balaban J connectivity index is 1.41. The summed E-state index contributed by atoms with van der Waals surface area (Å²) in [6, 6.07) is 18.4. The molecule has 3 nitrogen and oxygen atoms in total. The third-order valence-corrected chi connectivity index (χ3v) is 5.09. The van der Waals surface area contributed by atoms with Gasteiger partial charge in [-0.15, -0.1) is 0 Å². The molecule has 1 fully saturated rings. The number of hydrogen-bond donors (Lipinski definition) is 2. The van der Waals surface area contributed by atoms with Crippen LogP contribution >= 0.6 is 0 Å². The van der Waals surface area contributed by atoms with E-state index in [4.69, 9.17) is 5.73 Å². The Morgan fingerprint density at radius 1 is 1.04 bits per heavy atom. The summed E-state index contributed by atoms with van der Waals surface area (Å²) in [7, 11) is 0. The molecular formula is C21H28N2O. The highest BCUT2D eigenvalue weighted by atomic mass is 16.3. The smallest absolute Gasteiger partial charge is 0.0803 e. The van der Waals surface area contributed by atoms with Gasteiger partial charge in [0.15, 0.2) is 0 Å². The Bertz CT molecular complexity index is 621. The minimum Gasteiger partial charge on any atom is -0.399 e. The average Bonchev–Trinajstić information content (AvgIpc) is 2.62. The van der Waals surface area contributed by atoms with Gasteiger partial charge in [-0.1, -0.05) is 42.5 Å². The van der Waals surface area contributed by atoms with Crippen LogP contribution in [0, 0.1) is 5.92 Å². The van der Waals surface area contributed by atoms with E-state index in [2.05, 4.69) is 35.2 Å². The van der Waals surface area contributed by atoms with Crippen molar-refractivity contribution in [3.63, 3.8) is 0 Å². The maximum absolute atomic E-state index is 10.3. The highest BCUT2D eigenvalue weighted by molar-refractivity contribution is 5.41.